The minimum absolute atomic E-state index is 0.154. The van der Waals surface area contributed by atoms with Gasteiger partial charge in [0.15, 0.2) is 0 Å². The van der Waals surface area contributed by atoms with E-state index in [2.05, 4.69) is 15.7 Å². The van der Waals surface area contributed by atoms with Gasteiger partial charge in [0.2, 0.25) is 0 Å². The lowest BCUT2D eigenvalue weighted by molar-refractivity contribution is -0.384. The van der Waals surface area contributed by atoms with Crippen molar-refractivity contribution >= 4 is 23.1 Å². The van der Waals surface area contributed by atoms with E-state index >= 15 is 0 Å². The molecule has 0 saturated carbocycles. The number of carbonyl (C=O) groups excluding carboxylic acids is 1. The summed E-state index contributed by atoms with van der Waals surface area (Å²) in [5.74, 6) is -0.175. The number of nitrogens with zero attached hydrogens (tertiary/aromatic N) is 3. The van der Waals surface area contributed by atoms with Gasteiger partial charge in [0.1, 0.15) is 11.6 Å². The normalized spacial score (nSPS) is 10.5. The molecule has 0 aliphatic carbocycles. The van der Waals surface area contributed by atoms with Gasteiger partial charge in [-0.15, -0.1) is 0 Å². The fraction of sp³-hybridized carbons (Fsp3) is 0.200. The Balaban J connectivity index is 1.77. The average molecular weight is 413 g/mol. The molecule has 9 nitrogen and oxygen atoms in total. The number of carbonyl (C=O) groups is 1. The highest BCUT2D eigenvalue weighted by Gasteiger charge is 2.17. The van der Waals surface area contributed by atoms with Crippen molar-refractivity contribution < 1.29 is 18.8 Å². The molecule has 0 aliphatic rings. The van der Waals surface area contributed by atoms with E-state index in [0.29, 0.717) is 22.6 Å². The Morgan fingerprint density at radius 2 is 1.97 bits per heavy atom. The lowest BCUT2D eigenvalue weighted by atomic mass is 10.2. The van der Waals surface area contributed by atoms with Crippen LogP contribution in [0.1, 0.15) is 17.0 Å². The third-order valence-corrected chi connectivity index (χ3v) is 4.54. The van der Waals surface area contributed by atoms with Gasteiger partial charge < -0.3 is 15.4 Å². The summed E-state index contributed by atoms with van der Waals surface area (Å²) < 4.78 is 20.7. The molecule has 2 amide bonds. The molecule has 3 aromatic rings. The molecule has 1 heterocycles. The first-order valence-corrected chi connectivity index (χ1v) is 8.98. The van der Waals surface area contributed by atoms with E-state index < -0.39 is 11.0 Å². The summed E-state index contributed by atoms with van der Waals surface area (Å²) in [5, 5.41) is 20.6. The molecule has 30 heavy (non-hydrogen) atoms. The van der Waals surface area contributed by atoms with E-state index in [9.17, 15) is 19.3 Å². The number of nitrogens with one attached hydrogen (secondary N) is 2. The lowest BCUT2D eigenvalue weighted by Crippen LogP contribution is -2.20. The monoisotopic (exact) mass is 413 g/mol. The number of ether oxygens (including phenoxy) is 1. The molecule has 0 saturated heterocycles. The number of halogens is 1. The van der Waals surface area contributed by atoms with Crippen LogP contribution in [0.4, 0.5) is 26.2 Å². The average Bonchev–Trinajstić information content (AvgIpc) is 2.97. The molecule has 0 atom stereocenters. The van der Waals surface area contributed by atoms with Gasteiger partial charge in [0.05, 0.1) is 47.4 Å². The van der Waals surface area contributed by atoms with Crippen molar-refractivity contribution in [2.45, 2.75) is 20.4 Å². The summed E-state index contributed by atoms with van der Waals surface area (Å²) in [7, 11) is 1.35. The Kier molecular flexibility index (Phi) is 5.95. The van der Waals surface area contributed by atoms with Gasteiger partial charge in [-0.25, -0.2) is 9.18 Å². The molecule has 0 bridgehead atoms. The predicted octanol–water partition coefficient (Wildman–Crippen LogP) is 4.25. The largest absolute Gasteiger partial charge is 0.494 e. The van der Waals surface area contributed by atoms with Crippen molar-refractivity contribution in [3.8, 4) is 5.75 Å². The van der Waals surface area contributed by atoms with Crippen molar-refractivity contribution in [2.75, 3.05) is 17.7 Å². The first-order chi connectivity index (χ1) is 14.3. The molecule has 3 rings (SSSR count). The van der Waals surface area contributed by atoms with Gasteiger partial charge in [-0.05, 0) is 26.0 Å². The Morgan fingerprint density at radius 1 is 1.23 bits per heavy atom. The minimum atomic E-state index is -0.571. The Labute approximate surface area is 171 Å². The van der Waals surface area contributed by atoms with E-state index in [4.69, 9.17) is 4.74 Å². The minimum Gasteiger partial charge on any atom is -0.494 e. The van der Waals surface area contributed by atoms with Crippen molar-refractivity contribution in [3.05, 3.63) is 75.3 Å². The number of urea groups is 1. The number of aromatic nitrogens is 2. The fourth-order valence-electron chi connectivity index (χ4n) is 2.98. The maximum absolute atomic E-state index is 13.9. The lowest BCUT2D eigenvalue weighted by Gasteiger charge is -2.11. The van der Waals surface area contributed by atoms with Gasteiger partial charge in [0.25, 0.3) is 5.69 Å². The molecule has 1 aromatic heterocycles. The number of amides is 2. The zero-order valence-electron chi connectivity index (χ0n) is 16.6. The van der Waals surface area contributed by atoms with Crippen LogP contribution in [0.15, 0.2) is 42.5 Å². The smallest absolute Gasteiger partial charge is 0.323 e. The summed E-state index contributed by atoms with van der Waals surface area (Å²) in [4.78, 5) is 22.8. The van der Waals surface area contributed by atoms with Gasteiger partial charge >= 0.3 is 6.03 Å². The number of benzene rings is 2. The third kappa shape index (κ3) is 4.37. The fourth-order valence-corrected chi connectivity index (χ4v) is 2.98. The quantitative estimate of drug-likeness (QED) is 0.464. The molecule has 10 heteroatoms. The van der Waals surface area contributed by atoms with Crippen LogP contribution in [0.2, 0.25) is 0 Å². The molecular formula is C20H20FN5O4. The third-order valence-electron chi connectivity index (χ3n) is 4.54. The molecule has 2 aromatic carbocycles. The highest BCUT2D eigenvalue weighted by Crippen LogP contribution is 2.29. The van der Waals surface area contributed by atoms with Crippen LogP contribution in [0.25, 0.3) is 0 Å². The van der Waals surface area contributed by atoms with Gasteiger partial charge in [-0.1, -0.05) is 18.2 Å². The van der Waals surface area contributed by atoms with E-state index in [0.717, 1.165) is 0 Å². The summed E-state index contributed by atoms with van der Waals surface area (Å²) in [6, 6.07) is 9.71. The van der Waals surface area contributed by atoms with E-state index in [1.807, 2.05) is 0 Å². The van der Waals surface area contributed by atoms with Crippen LogP contribution >= 0.6 is 0 Å². The zero-order valence-corrected chi connectivity index (χ0v) is 16.6. The number of non-ortho nitro benzene ring substituents is 1. The Bertz CT molecular complexity index is 1110. The number of hydrogen-bond acceptors (Lipinski definition) is 5. The summed E-state index contributed by atoms with van der Waals surface area (Å²) >= 11 is 0. The molecule has 0 fully saturated rings. The van der Waals surface area contributed by atoms with E-state index in [1.54, 1.807) is 36.7 Å². The second-order valence-electron chi connectivity index (χ2n) is 6.52. The summed E-state index contributed by atoms with van der Waals surface area (Å²) in [6.07, 6.45) is 0. The second-order valence-corrected chi connectivity index (χ2v) is 6.52. The highest BCUT2D eigenvalue weighted by atomic mass is 19.1. The Morgan fingerprint density at radius 3 is 2.63 bits per heavy atom. The van der Waals surface area contributed by atoms with Crippen LogP contribution in [0, 0.1) is 29.8 Å². The molecule has 0 radical (unpaired) electrons. The van der Waals surface area contributed by atoms with Gasteiger partial charge in [0, 0.05) is 11.6 Å². The summed E-state index contributed by atoms with van der Waals surface area (Å²) in [5.41, 5.74) is 2.31. The van der Waals surface area contributed by atoms with Gasteiger partial charge in [-0.3, -0.25) is 14.8 Å². The second kappa shape index (κ2) is 8.60. The maximum atomic E-state index is 13.9. The molecule has 156 valence electrons. The number of aryl methyl sites for hydroxylation is 1. The van der Waals surface area contributed by atoms with Crippen molar-refractivity contribution in [2.24, 2.45) is 0 Å². The van der Waals surface area contributed by atoms with Crippen molar-refractivity contribution in [1.82, 2.24) is 9.78 Å². The van der Waals surface area contributed by atoms with Crippen LogP contribution in [0.3, 0.4) is 0 Å². The maximum Gasteiger partial charge on any atom is 0.323 e. The standard InChI is InChI=1S/C20H20FN5O4/c1-12-19(13(2)25(24-12)11-14-6-4-5-7-16(14)21)23-20(27)22-17-9-8-15(26(28)29)10-18(17)30-3/h4-10H,11H2,1-3H3,(H2,22,23,27). The number of rotatable bonds is 6. The molecule has 0 aliphatic heterocycles. The van der Waals surface area contributed by atoms with Crippen molar-refractivity contribution in [1.29, 1.82) is 0 Å². The van der Waals surface area contributed by atoms with Crippen LogP contribution in [0.5, 0.6) is 5.75 Å². The molecule has 0 unspecified atom stereocenters. The van der Waals surface area contributed by atoms with E-state index in [-0.39, 0.29) is 29.5 Å². The van der Waals surface area contributed by atoms with Crippen LogP contribution < -0.4 is 15.4 Å². The Hall–Kier alpha value is -3.95. The predicted molar refractivity (Wildman–Crippen MR) is 109 cm³/mol. The SMILES string of the molecule is COc1cc([N+](=O)[O-])ccc1NC(=O)Nc1c(C)nn(Cc2ccccc2F)c1C. The zero-order chi connectivity index (χ0) is 21.8. The number of nitro groups is 1. The highest BCUT2D eigenvalue weighted by molar-refractivity contribution is 6.01. The van der Waals surface area contributed by atoms with Crippen LogP contribution in [-0.4, -0.2) is 27.8 Å². The molecular weight excluding hydrogens is 393 g/mol. The molecule has 0 spiro atoms. The number of methoxy groups -OCH3 is 1. The number of hydrogen-bond donors (Lipinski definition) is 2. The van der Waals surface area contributed by atoms with E-state index in [1.165, 1.54) is 31.4 Å². The number of nitro benzene ring substituents is 1. The summed E-state index contributed by atoms with van der Waals surface area (Å²) in [6.45, 7) is 3.72. The number of anilines is 2. The molecule has 2 N–H and O–H groups in total. The van der Waals surface area contributed by atoms with Crippen LogP contribution in [-0.2, 0) is 6.54 Å². The van der Waals surface area contributed by atoms with Gasteiger partial charge in [-0.2, -0.15) is 5.10 Å². The van der Waals surface area contributed by atoms with Crippen molar-refractivity contribution in [3.63, 3.8) is 0 Å². The topological polar surface area (TPSA) is 111 Å². The first-order valence-electron chi connectivity index (χ1n) is 8.98. The first kappa shape index (κ1) is 20.8.